The maximum absolute atomic E-state index is 11.7. The minimum absolute atomic E-state index is 0.150. The zero-order chi connectivity index (χ0) is 19.2. The van der Waals surface area contributed by atoms with Gasteiger partial charge in [-0.05, 0) is 48.4 Å². The van der Waals surface area contributed by atoms with E-state index in [1.165, 1.54) is 12.7 Å². The number of piperidine rings is 1. The number of ether oxygens (including phenoxy) is 1. The number of nitriles is 1. The van der Waals surface area contributed by atoms with Crippen molar-refractivity contribution in [3.05, 3.63) is 53.6 Å². The van der Waals surface area contributed by atoms with Crippen LogP contribution < -0.4 is 4.90 Å². The molecule has 0 aromatic heterocycles. The van der Waals surface area contributed by atoms with Crippen LogP contribution in [0.2, 0.25) is 0 Å². The number of hydrogen-bond donors (Lipinski definition) is 0. The Morgan fingerprint density at radius 3 is 2.70 bits per heavy atom. The average Bonchev–Trinajstić information content (AvgIpc) is 2.73. The summed E-state index contributed by atoms with van der Waals surface area (Å²) in [5.41, 5.74) is 5.34. The Kier molecular flexibility index (Phi) is 6.13. The number of rotatable bonds is 5. The molecule has 140 valence electrons. The Morgan fingerprint density at radius 2 is 2.04 bits per heavy atom. The van der Waals surface area contributed by atoms with E-state index in [4.69, 9.17) is 4.74 Å². The zero-order valence-electron chi connectivity index (χ0n) is 16.1. The average molecular weight is 362 g/mol. The van der Waals surface area contributed by atoms with E-state index in [-0.39, 0.29) is 11.9 Å². The SMILES string of the molecule is CCc1ccc(-c2ccc(C#N)cc2N2CCCC(CC(=O)OC)C2)cc1. The highest BCUT2D eigenvalue weighted by atomic mass is 16.5. The molecule has 2 aromatic carbocycles. The molecule has 4 heteroatoms. The second-order valence-electron chi connectivity index (χ2n) is 7.13. The molecule has 1 aliphatic rings. The van der Waals surface area contributed by atoms with Gasteiger partial charge in [-0.1, -0.05) is 37.3 Å². The maximum Gasteiger partial charge on any atom is 0.305 e. The van der Waals surface area contributed by atoms with Crippen LogP contribution in [0.5, 0.6) is 0 Å². The van der Waals surface area contributed by atoms with E-state index in [1.54, 1.807) is 0 Å². The quantitative estimate of drug-likeness (QED) is 0.731. The van der Waals surface area contributed by atoms with Gasteiger partial charge in [-0.3, -0.25) is 4.79 Å². The summed E-state index contributed by atoms with van der Waals surface area (Å²) >= 11 is 0. The third-order valence-corrected chi connectivity index (χ3v) is 5.34. The summed E-state index contributed by atoms with van der Waals surface area (Å²) in [5.74, 6) is 0.135. The number of nitrogens with zero attached hydrogens (tertiary/aromatic N) is 2. The first-order valence-electron chi connectivity index (χ1n) is 9.59. The molecule has 0 spiro atoms. The fourth-order valence-corrected chi connectivity index (χ4v) is 3.80. The van der Waals surface area contributed by atoms with Crippen LogP contribution in [0.3, 0.4) is 0 Å². The highest BCUT2D eigenvalue weighted by molar-refractivity contribution is 5.80. The number of carbonyl (C=O) groups excluding carboxylic acids is 1. The van der Waals surface area contributed by atoms with Crippen LogP contribution in [-0.2, 0) is 16.0 Å². The van der Waals surface area contributed by atoms with E-state index < -0.39 is 0 Å². The highest BCUT2D eigenvalue weighted by Crippen LogP contribution is 2.35. The van der Waals surface area contributed by atoms with Gasteiger partial charge in [-0.2, -0.15) is 5.26 Å². The van der Waals surface area contributed by atoms with E-state index in [9.17, 15) is 10.1 Å². The highest BCUT2D eigenvalue weighted by Gasteiger charge is 2.24. The van der Waals surface area contributed by atoms with Crippen molar-refractivity contribution in [3.63, 3.8) is 0 Å². The van der Waals surface area contributed by atoms with Crippen molar-refractivity contribution in [1.82, 2.24) is 0 Å². The Morgan fingerprint density at radius 1 is 1.26 bits per heavy atom. The predicted molar refractivity (Wildman–Crippen MR) is 108 cm³/mol. The molecule has 1 heterocycles. The Labute approximate surface area is 161 Å². The predicted octanol–water partition coefficient (Wildman–Crippen LogP) is 4.57. The van der Waals surface area contributed by atoms with Crippen LogP contribution in [0.4, 0.5) is 5.69 Å². The van der Waals surface area contributed by atoms with Crippen molar-refractivity contribution in [2.45, 2.75) is 32.6 Å². The van der Waals surface area contributed by atoms with E-state index in [1.807, 2.05) is 18.2 Å². The summed E-state index contributed by atoms with van der Waals surface area (Å²) in [6.45, 7) is 3.90. The van der Waals surface area contributed by atoms with Crippen molar-refractivity contribution in [2.75, 3.05) is 25.1 Å². The molecule has 0 bridgehead atoms. The lowest BCUT2D eigenvalue weighted by Gasteiger charge is -2.35. The summed E-state index contributed by atoms with van der Waals surface area (Å²) < 4.78 is 4.84. The van der Waals surface area contributed by atoms with Gasteiger partial charge in [-0.25, -0.2) is 0 Å². The second kappa shape index (κ2) is 8.73. The van der Waals surface area contributed by atoms with Gasteiger partial charge in [0.2, 0.25) is 0 Å². The van der Waals surface area contributed by atoms with Crippen molar-refractivity contribution in [3.8, 4) is 17.2 Å². The van der Waals surface area contributed by atoms with Gasteiger partial charge in [-0.15, -0.1) is 0 Å². The van der Waals surface area contributed by atoms with E-state index in [2.05, 4.69) is 42.2 Å². The third-order valence-electron chi connectivity index (χ3n) is 5.34. The van der Waals surface area contributed by atoms with Gasteiger partial charge in [0.25, 0.3) is 0 Å². The van der Waals surface area contributed by atoms with Crippen LogP contribution in [0.15, 0.2) is 42.5 Å². The van der Waals surface area contributed by atoms with E-state index >= 15 is 0 Å². The molecular weight excluding hydrogens is 336 g/mol. The first-order chi connectivity index (χ1) is 13.1. The first kappa shape index (κ1) is 19.0. The molecule has 1 fully saturated rings. The van der Waals surface area contributed by atoms with Gasteiger partial charge >= 0.3 is 5.97 Å². The van der Waals surface area contributed by atoms with Crippen LogP contribution in [0, 0.1) is 17.2 Å². The molecule has 1 saturated heterocycles. The van der Waals surface area contributed by atoms with Gasteiger partial charge in [0.05, 0.1) is 18.7 Å². The Hall–Kier alpha value is -2.80. The molecule has 1 unspecified atom stereocenters. The summed E-state index contributed by atoms with van der Waals surface area (Å²) in [5, 5.41) is 9.36. The van der Waals surface area contributed by atoms with E-state index in [0.717, 1.165) is 49.2 Å². The van der Waals surface area contributed by atoms with Crippen LogP contribution in [0.25, 0.3) is 11.1 Å². The molecule has 2 aromatic rings. The standard InChI is InChI=1S/C23H26N2O2/c1-3-17-6-9-20(10-7-17)21-11-8-18(15-24)13-22(21)25-12-4-5-19(16-25)14-23(26)27-2/h6-11,13,19H,3-5,12,14,16H2,1-2H3. The monoisotopic (exact) mass is 362 g/mol. The molecule has 4 nitrogen and oxygen atoms in total. The molecule has 3 rings (SSSR count). The minimum Gasteiger partial charge on any atom is -0.469 e. The summed E-state index contributed by atoms with van der Waals surface area (Å²) in [4.78, 5) is 14.0. The molecule has 0 amide bonds. The maximum atomic E-state index is 11.7. The molecule has 0 saturated carbocycles. The van der Waals surface area contributed by atoms with Crippen molar-refractivity contribution >= 4 is 11.7 Å². The van der Waals surface area contributed by atoms with Crippen molar-refractivity contribution in [1.29, 1.82) is 5.26 Å². The van der Waals surface area contributed by atoms with Crippen molar-refractivity contribution in [2.24, 2.45) is 5.92 Å². The normalized spacial score (nSPS) is 16.6. The van der Waals surface area contributed by atoms with Gasteiger partial charge in [0.1, 0.15) is 0 Å². The molecule has 1 aliphatic heterocycles. The van der Waals surface area contributed by atoms with Crippen LogP contribution in [-0.4, -0.2) is 26.2 Å². The van der Waals surface area contributed by atoms with E-state index in [0.29, 0.717) is 12.0 Å². The molecule has 0 radical (unpaired) electrons. The number of hydrogen-bond acceptors (Lipinski definition) is 4. The number of anilines is 1. The Bertz CT molecular complexity index is 836. The molecule has 27 heavy (non-hydrogen) atoms. The number of methoxy groups -OCH3 is 1. The second-order valence-corrected chi connectivity index (χ2v) is 7.13. The van der Waals surface area contributed by atoms with Crippen LogP contribution in [0.1, 0.15) is 37.3 Å². The minimum atomic E-state index is -0.150. The molecule has 0 aliphatic carbocycles. The fraction of sp³-hybridized carbons (Fsp3) is 0.391. The fourth-order valence-electron chi connectivity index (χ4n) is 3.80. The number of esters is 1. The lowest BCUT2D eigenvalue weighted by atomic mass is 9.92. The zero-order valence-corrected chi connectivity index (χ0v) is 16.1. The molecule has 0 N–H and O–H groups in total. The van der Waals surface area contributed by atoms with Crippen molar-refractivity contribution < 1.29 is 9.53 Å². The number of aryl methyl sites for hydroxylation is 1. The summed E-state index contributed by atoms with van der Waals surface area (Å²) in [6, 6.07) is 16.8. The number of carbonyl (C=O) groups is 1. The lowest BCUT2D eigenvalue weighted by Crippen LogP contribution is -2.36. The lowest BCUT2D eigenvalue weighted by molar-refractivity contribution is -0.141. The first-order valence-corrected chi connectivity index (χ1v) is 9.59. The largest absolute Gasteiger partial charge is 0.469 e. The van der Waals surface area contributed by atoms with Gasteiger partial charge < -0.3 is 9.64 Å². The smallest absolute Gasteiger partial charge is 0.305 e. The topological polar surface area (TPSA) is 53.3 Å². The molecular formula is C23H26N2O2. The summed E-state index contributed by atoms with van der Waals surface area (Å²) in [7, 11) is 1.44. The van der Waals surface area contributed by atoms with Crippen LogP contribution >= 0.6 is 0 Å². The Balaban J connectivity index is 1.92. The molecule has 1 atom stereocenters. The van der Waals surface area contributed by atoms with Gasteiger partial charge in [0, 0.05) is 30.8 Å². The van der Waals surface area contributed by atoms with Gasteiger partial charge in [0.15, 0.2) is 0 Å². The number of benzene rings is 2. The summed E-state index contributed by atoms with van der Waals surface area (Å²) in [6.07, 6.45) is 3.53. The third kappa shape index (κ3) is 4.49.